The van der Waals surface area contributed by atoms with Crippen molar-refractivity contribution in [2.45, 2.75) is 4.90 Å². The van der Waals surface area contributed by atoms with Gasteiger partial charge in [-0.15, -0.1) is 0 Å². The van der Waals surface area contributed by atoms with Crippen molar-refractivity contribution in [1.29, 1.82) is 0 Å². The summed E-state index contributed by atoms with van der Waals surface area (Å²) in [4.78, 5) is 34.9. The highest BCUT2D eigenvalue weighted by Gasteiger charge is 2.22. The average Bonchev–Trinajstić information content (AvgIpc) is 2.87. The van der Waals surface area contributed by atoms with Gasteiger partial charge in [0.2, 0.25) is 0 Å². The summed E-state index contributed by atoms with van der Waals surface area (Å²) in [7, 11) is -1.10. The smallest absolute Gasteiger partial charge is 0.338 e. The number of benzene rings is 3. The third-order valence-corrected chi connectivity index (χ3v) is 6.68. The van der Waals surface area contributed by atoms with Crippen LogP contribution < -0.4 is 14.4 Å². The van der Waals surface area contributed by atoms with Crippen molar-refractivity contribution in [1.82, 2.24) is 0 Å². The van der Waals surface area contributed by atoms with Gasteiger partial charge < -0.3 is 14.8 Å². The number of para-hydroxylation sites is 1. The number of hydrogen-bond donors (Lipinski definition) is 1. The van der Waals surface area contributed by atoms with Crippen LogP contribution >= 0.6 is 0 Å². The van der Waals surface area contributed by atoms with Gasteiger partial charge in [0, 0.05) is 7.05 Å². The molecule has 0 aromatic heterocycles. The predicted octanol–water partition coefficient (Wildman–Crippen LogP) is 3.22. The van der Waals surface area contributed by atoms with E-state index in [1.165, 1.54) is 50.6 Å². The van der Waals surface area contributed by atoms with Crippen LogP contribution in [0.5, 0.6) is 5.75 Å². The highest BCUT2D eigenvalue weighted by atomic mass is 32.2. The molecule has 0 saturated carbocycles. The first-order valence-corrected chi connectivity index (χ1v) is 11.5. The van der Waals surface area contributed by atoms with E-state index >= 15 is 0 Å². The molecule has 0 atom stereocenters. The third kappa shape index (κ3) is 5.92. The van der Waals surface area contributed by atoms with Gasteiger partial charge in [0.15, 0.2) is 6.61 Å². The first kappa shape index (κ1) is 25.2. The second kappa shape index (κ2) is 10.7. The van der Waals surface area contributed by atoms with E-state index in [-0.39, 0.29) is 27.6 Å². The highest BCUT2D eigenvalue weighted by Crippen LogP contribution is 2.29. The van der Waals surface area contributed by atoms with E-state index in [2.05, 4.69) is 5.32 Å². The number of nitro benzene ring substituents is 1. The Bertz CT molecular complexity index is 1340. The van der Waals surface area contributed by atoms with Crippen LogP contribution in [-0.4, -0.2) is 46.0 Å². The molecule has 182 valence electrons. The van der Waals surface area contributed by atoms with E-state index in [1.54, 1.807) is 30.3 Å². The number of ether oxygens (including phenoxy) is 2. The van der Waals surface area contributed by atoms with Crippen LogP contribution in [-0.2, 0) is 19.6 Å². The molecule has 0 radical (unpaired) electrons. The fourth-order valence-corrected chi connectivity index (χ4v) is 4.19. The number of amides is 1. The van der Waals surface area contributed by atoms with Gasteiger partial charge in [-0.05, 0) is 48.5 Å². The second-order valence-corrected chi connectivity index (χ2v) is 9.07. The lowest BCUT2D eigenvalue weighted by Crippen LogP contribution is -2.26. The monoisotopic (exact) mass is 499 g/mol. The van der Waals surface area contributed by atoms with Gasteiger partial charge in [0.05, 0.1) is 34.2 Å². The Labute approximate surface area is 201 Å². The number of nitrogens with zero attached hydrogens (tertiary/aromatic N) is 2. The predicted molar refractivity (Wildman–Crippen MR) is 127 cm³/mol. The molecule has 0 heterocycles. The van der Waals surface area contributed by atoms with Crippen molar-refractivity contribution >= 4 is 39.0 Å². The Morgan fingerprint density at radius 2 is 1.69 bits per heavy atom. The fourth-order valence-electron chi connectivity index (χ4n) is 2.99. The largest absolute Gasteiger partial charge is 0.496 e. The topological polar surface area (TPSA) is 145 Å². The summed E-state index contributed by atoms with van der Waals surface area (Å²) in [5, 5.41) is 13.5. The Morgan fingerprint density at radius 3 is 2.29 bits per heavy atom. The Kier molecular flexibility index (Phi) is 7.66. The summed E-state index contributed by atoms with van der Waals surface area (Å²) in [5.41, 5.74) is 0.0175. The van der Waals surface area contributed by atoms with Gasteiger partial charge in [0.1, 0.15) is 11.4 Å². The molecule has 0 spiro atoms. The van der Waals surface area contributed by atoms with E-state index in [4.69, 9.17) is 9.47 Å². The normalized spacial score (nSPS) is 10.8. The number of methoxy groups -OCH3 is 1. The minimum absolute atomic E-state index is 0.0227. The van der Waals surface area contributed by atoms with Crippen LogP contribution in [0.4, 0.5) is 17.1 Å². The lowest BCUT2D eigenvalue weighted by atomic mass is 10.2. The molecule has 0 aliphatic rings. The van der Waals surface area contributed by atoms with Crippen molar-refractivity contribution in [3.63, 3.8) is 0 Å². The van der Waals surface area contributed by atoms with Gasteiger partial charge in [-0.1, -0.05) is 18.2 Å². The zero-order valence-corrected chi connectivity index (χ0v) is 19.5. The first-order valence-electron chi connectivity index (χ1n) is 10.1. The van der Waals surface area contributed by atoms with Crippen LogP contribution in [0.15, 0.2) is 77.7 Å². The summed E-state index contributed by atoms with van der Waals surface area (Å²) in [5.74, 6) is -1.43. The molecule has 11 nitrogen and oxygen atoms in total. The molecular weight excluding hydrogens is 478 g/mol. The second-order valence-electron chi connectivity index (χ2n) is 7.10. The van der Waals surface area contributed by atoms with E-state index < -0.39 is 33.4 Å². The van der Waals surface area contributed by atoms with E-state index in [0.717, 1.165) is 10.4 Å². The van der Waals surface area contributed by atoms with Crippen molar-refractivity contribution in [3.05, 3.63) is 88.5 Å². The molecule has 0 saturated heterocycles. The van der Waals surface area contributed by atoms with Crippen LogP contribution in [0, 0.1) is 10.1 Å². The number of sulfonamides is 1. The molecule has 3 aromatic carbocycles. The maximum absolute atomic E-state index is 12.8. The Balaban J connectivity index is 1.63. The molecule has 0 fully saturated rings. The Hall–Kier alpha value is -4.45. The van der Waals surface area contributed by atoms with Crippen molar-refractivity contribution < 1.29 is 32.4 Å². The lowest BCUT2D eigenvalue weighted by molar-refractivity contribution is -0.384. The molecule has 1 N–H and O–H groups in total. The summed E-state index contributed by atoms with van der Waals surface area (Å²) >= 11 is 0. The fraction of sp³-hybridized carbons (Fsp3) is 0.130. The lowest BCUT2D eigenvalue weighted by Gasteiger charge is -2.19. The minimum atomic E-state index is -3.86. The van der Waals surface area contributed by atoms with Crippen LogP contribution in [0.2, 0.25) is 0 Å². The van der Waals surface area contributed by atoms with E-state index in [9.17, 15) is 28.1 Å². The maximum Gasteiger partial charge on any atom is 0.338 e. The summed E-state index contributed by atoms with van der Waals surface area (Å²) in [6, 6.07) is 17.4. The standard InChI is InChI=1S/C23H21N3O8S/c1-25(17-6-4-3-5-7-17)35(31,32)19-11-8-16(9-12-19)23(28)34-15-22(27)24-20-13-10-18(33-2)14-21(20)26(29)30/h3-14H,15H2,1-2H3,(H,24,27). The number of rotatable bonds is 9. The molecular formula is C23H21N3O8S. The molecule has 12 heteroatoms. The maximum atomic E-state index is 12.8. The molecule has 3 aromatic rings. The number of nitrogens with one attached hydrogen (secondary N) is 1. The summed E-state index contributed by atoms with van der Waals surface area (Å²) in [6.45, 7) is -0.710. The third-order valence-electron chi connectivity index (χ3n) is 4.88. The quantitative estimate of drug-likeness (QED) is 0.268. The number of carbonyl (C=O) groups excluding carboxylic acids is 2. The van der Waals surface area contributed by atoms with Crippen molar-refractivity contribution in [3.8, 4) is 5.75 Å². The molecule has 0 unspecified atom stereocenters. The molecule has 35 heavy (non-hydrogen) atoms. The summed E-state index contributed by atoms with van der Waals surface area (Å²) < 4.78 is 36.6. The summed E-state index contributed by atoms with van der Waals surface area (Å²) in [6.07, 6.45) is 0. The van der Waals surface area contributed by atoms with E-state index in [0.29, 0.717) is 5.69 Å². The number of anilines is 2. The highest BCUT2D eigenvalue weighted by molar-refractivity contribution is 7.92. The van der Waals surface area contributed by atoms with Crippen molar-refractivity contribution in [2.75, 3.05) is 30.4 Å². The minimum Gasteiger partial charge on any atom is -0.496 e. The SMILES string of the molecule is COc1ccc(NC(=O)COC(=O)c2ccc(S(=O)(=O)N(C)c3ccccc3)cc2)c([N+](=O)[O-])c1. The molecule has 0 bridgehead atoms. The molecule has 0 aliphatic carbocycles. The van der Waals surface area contributed by atoms with Gasteiger partial charge in [0.25, 0.3) is 21.6 Å². The average molecular weight is 500 g/mol. The molecule has 1 amide bonds. The molecule has 0 aliphatic heterocycles. The van der Waals surface area contributed by atoms with Crippen LogP contribution in [0.3, 0.4) is 0 Å². The van der Waals surface area contributed by atoms with Gasteiger partial charge in [-0.3, -0.25) is 19.2 Å². The zero-order valence-electron chi connectivity index (χ0n) is 18.7. The van der Waals surface area contributed by atoms with Gasteiger partial charge in [-0.25, -0.2) is 13.2 Å². The van der Waals surface area contributed by atoms with Crippen LogP contribution in [0.1, 0.15) is 10.4 Å². The van der Waals surface area contributed by atoms with Gasteiger partial charge in [-0.2, -0.15) is 0 Å². The first-order chi connectivity index (χ1) is 16.6. The van der Waals surface area contributed by atoms with Gasteiger partial charge >= 0.3 is 5.97 Å². The Morgan fingerprint density at radius 1 is 1.03 bits per heavy atom. The number of carbonyl (C=O) groups is 2. The molecule has 3 rings (SSSR count). The zero-order chi connectivity index (χ0) is 25.6. The number of hydrogen-bond acceptors (Lipinski definition) is 8. The van der Waals surface area contributed by atoms with Crippen LogP contribution in [0.25, 0.3) is 0 Å². The number of nitro groups is 1. The number of esters is 1. The van der Waals surface area contributed by atoms with Crippen molar-refractivity contribution in [2.24, 2.45) is 0 Å². The van der Waals surface area contributed by atoms with E-state index in [1.807, 2.05) is 0 Å².